The maximum absolute atomic E-state index is 12.9. The third kappa shape index (κ3) is 6.46. The van der Waals surface area contributed by atoms with Crippen molar-refractivity contribution >= 4 is 5.96 Å². The van der Waals surface area contributed by atoms with E-state index >= 15 is 0 Å². The number of hydrogen-bond donors (Lipinski definition) is 3. The SMILES string of the molecule is CCNC(=NCC(O)c1ccco1)NCC(C)Oc1ccc(F)cc1. The highest BCUT2D eigenvalue weighted by atomic mass is 19.1. The second-order valence-electron chi connectivity index (χ2n) is 5.51. The van der Waals surface area contributed by atoms with E-state index in [1.165, 1.54) is 18.4 Å². The quantitative estimate of drug-likeness (QED) is 0.504. The van der Waals surface area contributed by atoms with Crippen molar-refractivity contribution in [1.29, 1.82) is 0 Å². The molecule has 7 heteroatoms. The molecule has 0 saturated heterocycles. The van der Waals surface area contributed by atoms with Crippen LogP contribution in [0.1, 0.15) is 25.7 Å². The second-order valence-corrected chi connectivity index (χ2v) is 5.51. The number of benzene rings is 1. The average molecular weight is 349 g/mol. The van der Waals surface area contributed by atoms with Gasteiger partial charge in [-0.1, -0.05) is 0 Å². The summed E-state index contributed by atoms with van der Waals surface area (Å²) in [5, 5.41) is 16.3. The number of aliphatic hydroxyl groups excluding tert-OH is 1. The van der Waals surface area contributed by atoms with Gasteiger partial charge in [-0.25, -0.2) is 4.39 Å². The Bertz CT molecular complexity index is 644. The molecule has 25 heavy (non-hydrogen) atoms. The topological polar surface area (TPSA) is 79.0 Å². The van der Waals surface area contributed by atoms with Gasteiger partial charge in [0.15, 0.2) is 5.96 Å². The van der Waals surface area contributed by atoms with Crippen molar-refractivity contribution in [2.24, 2.45) is 4.99 Å². The van der Waals surface area contributed by atoms with Crippen LogP contribution in [-0.2, 0) is 0 Å². The summed E-state index contributed by atoms with van der Waals surface area (Å²) in [5.74, 6) is 1.36. The molecule has 0 radical (unpaired) electrons. The minimum atomic E-state index is -0.793. The third-order valence-corrected chi connectivity index (χ3v) is 3.35. The molecule has 0 saturated carbocycles. The normalized spacial score (nSPS) is 14.0. The predicted molar refractivity (Wildman–Crippen MR) is 94.1 cm³/mol. The Balaban J connectivity index is 1.83. The number of rotatable bonds is 8. The lowest BCUT2D eigenvalue weighted by Gasteiger charge is -2.18. The Morgan fingerprint density at radius 2 is 2.04 bits per heavy atom. The minimum absolute atomic E-state index is 0.149. The van der Waals surface area contributed by atoms with E-state index in [2.05, 4.69) is 15.6 Å². The van der Waals surface area contributed by atoms with Crippen LogP contribution in [0.5, 0.6) is 5.75 Å². The number of aliphatic imine (C=N–C) groups is 1. The van der Waals surface area contributed by atoms with Crippen LogP contribution >= 0.6 is 0 Å². The molecule has 6 nitrogen and oxygen atoms in total. The number of nitrogens with zero attached hydrogens (tertiary/aromatic N) is 1. The summed E-state index contributed by atoms with van der Waals surface area (Å²) in [7, 11) is 0. The molecule has 0 aliphatic rings. The van der Waals surface area contributed by atoms with Crippen molar-refractivity contribution in [3.63, 3.8) is 0 Å². The molecule has 0 aliphatic carbocycles. The Kier molecular flexibility index (Phi) is 7.28. The zero-order valence-electron chi connectivity index (χ0n) is 14.4. The van der Waals surface area contributed by atoms with E-state index in [1.54, 1.807) is 24.3 Å². The first-order chi connectivity index (χ1) is 12.1. The summed E-state index contributed by atoms with van der Waals surface area (Å²) in [6.07, 6.45) is 0.572. The van der Waals surface area contributed by atoms with Crippen LogP contribution < -0.4 is 15.4 Å². The van der Waals surface area contributed by atoms with Crippen LogP contribution in [-0.4, -0.2) is 36.8 Å². The largest absolute Gasteiger partial charge is 0.489 e. The lowest BCUT2D eigenvalue weighted by molar-refractivity contribution is 0.158. The summed E-state index contributed by atoms with van der Waals surface area (Å²) in [4.78, 5) is 4.34. The number of nitrogens with one attached hydrogen (secondary N) is 2. The molecule has 2 rings (SSSR count). The van der Waals surface area contributed by atoms with Crippen LogP contribution in [0.15, 0.2) is 52.1 Å². The molecule has 2 aromatic rings. The molecule has 1 aromatic heterocycles. The number of furan rings is 1. The summed E-state index contributed by atoms with van der Waals surface area (Å²) < 4.78 is 23.8. The first kappa shape index (κ1) is 18.8. The monoisotopic (exact) mass is 349 g/mol. The number of ether oxygens (including phenoxy) is 1. The van der Waals surface area contributed by atoms with Crippen LogP contribution in [0.3, 0.4) is 0 Å². The van der Waals surface area contributed by atoms with Gasteiger partial charge in [-0.05, 0) is 50.2 Å². The zero-order valence-corrected chi connectivity index (χ0v) is 14.4. The van der Waals surface area contributed by atoms with Crippen LogP contribution in [0, 0.1) is 5.82 Å². The summed E-state index contributed by atoms with van der Waals surface area (Å²) >= 11 is 0. The van der Waals surface area contributed by atoms with Crippen molar-refractivity contribution in [1.82, 2.24) is 10.6 Å². The van der Waals surface area contributed by atoms with Crippen molar-refractivity contribution in [2.45, 2.75) is 26.1 Å². The molecule has 2 unspecified atom stereocenters. The molecule has 136 valence electrons. The fourth-order valence-corrected chi connectivity index (χ4v) is 2.12. The maximum Gasteiger partial charge on any atom is 0.191 e. The molecule has 0 bridgehead atoms. The van der Waals surface area contributed by atoms with Crippen molar-refractivity contribution in [3.8, 4) is 5.75 Å². The fraction of sp³-hybridized carbons (Fsp3) is 0.389. The number of hydrogen-bond acceptors (Lipinski definition) is 4. The zero-order chi connectivity index (χ0) is 18.1. The van der Waals surface area contributed by atoms with E-state index in [1.807, 2.05) is 13.8 Å². The van der Waals surface area contributed by atoms with Gasteiger partial charge in [0.05, 0.1) is 19.4 Å². The van der Waals surface area contributed by atoms with Gasteiger partial charge >= 0.3 is 0 Å². The van der Waals surface area contributed by atoms with E-state index < -0.39 is 6.10 Å². The van der Waals surface area contributed by atoms with Crippen molar-refractivity contribution < 1.29 is 18.7 Å². The van der Waals surface area contributed by atoms with E-state index in [9.17, 15) is 9.50 Å². The van der Waals surface area contributed by atoms with Gasteiger partial charge < -0.3 is 24.9 Å². The second kappa shape index (κ2) is 9.68. The molecule has 2 atom stereocenters. The molecule has 0 spiro atoms. The number of halogens is 1. The lowest BCUT2D eigenvalue weighted by Crippen LogP contribution is -2.42. The summed E-state index contributed by atoms with van der Waals surface area (Å²) in [5.41, 5.74) is 0. The highest BCUT2D eigenvalue weighted by Crippen LogP contribution is 2.13. The first-order valence-corrected chi connectivity index (χ1v) is 8.24. The molecule has 0 amide bonds. The van der Waals surface area contributed by atoms with Crippen LogP contribution in [0.4, 0.5) is 4.39 Å². The standard InChI is InChI=1S/C18H24FN3O3/c1-3-20-18(22-12-16(23)17-5-4-10-24-17)21-11-13(2)25-15-8-6-14(19)7-9-15/h4-10,13,16,23H,3,11-12H2,1-2H3,(H2,20,21,22). The fourth-order valence-electron chi connectivity index (χ4n) is 2.12. The predicted octanol–water partition coefficient (Wildman–Crippen LogP) is 2.47. The highest BCUT2D eigenvalue weighted by Gasteiger charge is 2.11. The lowest BCUT2D eigenvalue weighted by atomic mass is 10.3. The van der Waals surface area contributed by atoms with Gasteiger partial charge in [0.1, 0.15) is 29.5 Å². The van der Waals surface area contributed by atoms with Gasteiger partial charge in [0, 0.05) is 6.54 Å². The van der Waals surface area contributed by atoms with Gasteiger partial charge in [-0.3, -0.25) is 4.99 Å². The van der Waals surface area contributed by atoms with E-state index in [0.717, 1.165) is 0 Å². The number of guanidine groups is 1. The Labute approximate surface area is 146 Å². The average Bonchev–Trinajstić information content (AvgIpc) is 3.14. The van der Waals surface area contributed by atoms with E-state index in [0.29, 0.717) is 30.6 Å². The maximum atomic E-state index is 12.9. The first-order valence-electron chi connectivity index (χ1n) is 8.24. The van der Waals surface area contributed by atoms with Crippen LogP contribution in [0.2, 0.25) is 0 Å². The van der Waals surface area contributed by atoms with Crippen molar-refractivity contribution in [3.05, 3.63) is 54.2 Å². The Hall–Kier alpha value is -2.54. The van der Waals surface area contributed by atoms with Gasteiger partial charge in [-0.2, -0.15) is 0 Å². The smallest absolute Gasteiger partial charge is 0.191 e. The van der Waals surface area contributed by atoms with E-state index in [-0.39, 0.29) is 18.5 Å². The molecule has 3 N–H and O–H groups in total. The molecule has 0 aliphatic heterocycles. The molecule has 0 fully saturated rings. The minimum Gasteiger partial charge on any atom is -0.489 e. The summed E-state index contributed by atoms with van der Waals surface area (Å²) in [6.45, 7) is 5.22. The van der Waals surface area contributed by atoms with Gasteiger partial charge in [0.25, 0.3) is 0 Å². The molecule has 1 heterocycles. The third-order valence-electron chi connectivity index (χ3n) is 3.35. The van der Waals surface area contributed by atoms with Crippen molar-refractivity contribution in [2.75, 3.05) is 19.6 Å². The molecular weight excluding hydrogens is 325 g/mol. The van der Waals surface area contributed by atoms with Crippen LogP contribution in [0.25, 0.3) is 0 Å². The Morgan fingerprint density at radius 3 is 2.68 bits per heavy atom. The van der Waals surface area contributed by atoms with E-state index in [4.69, 9.17) is 9.15 Å². The van der Waals surface area contributed by atoms with Gasteiger partial charge in [-0.15, -0.1) is 0 Å². The van der Waals surface area contributed by atoms with Gasteiger partial charge in [0.2, 0.25) is 0 Å². The Morgan fingerprint density at radius 1 is 1.28 bits per heavy atom. The number of aliphatic hydroxyl groups is 1. The molecule has 1 aromatic carbocycles. The summed E-state index contributed by atoms with van der Waals surface area (Å²) in [6, 6.07) is 9.32. The highest BCUT2D eigenvalue weighted by molar-refractivity contribution is 5.79. The molecular formula is C18H24FN3O3.